The molecule has 1 amide bonds. The Morgan fingerprint density at radius 2 is 2.03 bits per heavy atom. The van der Waals surface area contributed by atoms with Crippen molar-refractivity contribution < 1.29 is 28.3 Å². The fraction of sp³-hybridized carbons (Fsp3) is 0.227. The molecule has 4 rings (SSSR count). The molecule has 0 bridgehead atoms. The highest BCUT2D eigenvalue weighted by Gasteiger charge is 2.54. The fourth-order valence-electron chi connectivity index (χ4n) is 3.61. The molecule has 3 aromatic rings. The second-order valence-electron chi connectivity index (χ2n) is 6.99. The zero-order valence-corrected chi connectivity index (χ0v) is 18.6. The molecule has 0 N–H and O–H groups in total. The molecule has 3 heterocycles. The quantitative estimate of drug-likeness (QED) is 0.231. The first-order valence-electron chi connectivity index (χ1n) is 9.68. The first kappa shape index (κ1) is 21.9. The van der Waals surface area contributed by atoms with Crippen molar-refractivity contribution in [3.63, 3.8) is 0 Å². The molecule has 0 aliphatic carbocycles. The van der Waals surface area contributed by atoms with Gasteiger partial charge in [-0.2, -0.15) is 0 Å². The monoisotopic (exact) mass is 472 g/mol. The molecule has 1 aliphatic rings. The van der Waals surface area contributed by atoms with E-state index in [4.69, 9.17) is 20.8 Å². The Labute approximate surface area is 191 Å². The number of hydrogen-bond acceptors (Lipinski definition) is 8. The van der Waals surface area contributed by atoms with E-state index in [0.717, 1.165) is 16.2 Å². The Bertz CT molecular complexity index is 1220. The summed E-state index contributed by atoms with van der Waals surface area (Å²) in [6, 6.07) is 8.51. The van der Waals surface area contributed by atoms with Crippen molar-refractivity contribution in [1.82, 2.24) is 4.98 Å². The molecule has 1 fully saturated rings. The molecule has 1 saturated heterocycles. The number of benzene rings is 1. The van der Waals surface area contributed by atoms with Gasteiger partial charge in [0.25, 0.3) is 5.91 Å². The number of halogens is 1. The van der Waals surface area contributed by atoms with E-state index in [1.807, 2.05) is 0 Å². The third-order valence-electron chi connectivity index (χ3n) is 4.99. The van der Waals surface area contributed by atoms with Crippen LogP contribution < -0.4 is 4.90 Å². The van der Waals surface area contributed by atoms with Crippen LogP contribution in [0.25, 0.3) is 0 Å². The Kier molecular flexibility index (Phi) is 5.94. The molecule has 10 heteroatoms. The summed E-state index contributed by atoms with van der Waals surface area (Å²) in [7, 11) is 0. The van der Waals surface area contributed by atoms with Crippen LogP contribution in [0.4, 0.5) is 5.13 Å². The lowest BCUT2D eigenvalue weighted by atomic mass is 9.88. The van der Waals surface area contributed by atoms with Crippen molar-refractivity contribution in [2.45, 2.75) is 19.9 Å². The maximum absolute atomic E-state index is 13.2. The summed E-state index contributed by atoms with van der Waals surface area (Å²) in [5.74, 6) is -4.38. The fourth-order valence-corrected chi connectivity index (χ4v) is 4.81. The van der Waals surface area contributed by atoms with E-state index in [2.05, 4.69) is 4.98 Å². The number of carbonyl (C=O) groups excluding carboxylic acids is 4. The van der Waals surface area contributed by atoms with Gasteiger partial charge in [-0.15, -0.1) is 0 Å². The van der Waals surface area contributed by atoms with Gasteiger partial charge in [0.05, 0.1) is 24.6 Å². The molecule has 2 aromatic heterocycles. The van der Waals surface area contributed by atoms with Crippen LogP contribution in [-0.4, -0.2) is 35.0 Å². The van der Waals surface area contributed by atoms with Gasteiger partial charge in [0, 0.05) is 5.02 Å². The molecule has 164 valence electrons. The lowest BCUT2D eigenvalue weighted by molar-refractivity contribution is -0.135. The van der Waals surface area contributed by atoms with E-state index >= 15 is 0 Å². The summed E-state index contributed by atoms with van der Waals surface area (Å²) < 4.78 is 10.2. The highest BCUT2D eigenvalue weighted by Crippen LogP contribution is 2.43. The minimum Gasteiger partial charge on any atom is -0.462 e. The lowest BCUT2D eigenvalue weighted by Gasteiger charge is -2.24. The van der Waals surface area contributed by atoms with E-state index in [9.17, 15) is 19.2 Å². The number of Topliss-reactive ketones (excluding diaryl/α,β-unsaturated/α-hetero) is 2. The smallest absolute Gasteiger partial charge is 0.350 e. The van der Waals surface area contributed by atoms with Crippen LogP contribution >= 0.6 is 22.9 Å². The molecule has 1 aromatic carbocycles. The number of aromatic nitrogens is 1. The number of carbonyl (C=O) groups is 4. The van der Waals surface area contributed by atoms with Crippen LogP contribution in [-0.2, 0) is 14.3 Å². The van der Waals surface area contributed by atoms with E-state index < -0.39 is 35.4 Å². The van der Waals surface area contributed by atoms with Crippen LogP contribution in [0.5, 0.6) is 0 Å². The molecular formula is C22H17ClN2O6S. The molecule has 8 nitrogen and oxygen atoms in total. The van der Waals surface area contributed by atoms with Gasteiger partial charge >= 0.3 is 5.97 Å². The molecule has 32 heavy (non-hydrogen) atoms. The van der Waals surface area contributed by atoms with Gasteiger partial charge in [-0.1, -0.05) is 35.1 Å². The standard InChI is InChI=1S/C22H17ClN2O6S/c1-3-30-21(29)19-11(2)24-22(32-19)25-16(12-6-4-7-13(23)10-12)15(18(27)20(25)28)17(26)14-8-5-9-31-14/h4-10,15-16H,3H2,1-2H3. The predicted octanol–water partition coefficient (Wildman–Crippen LogP) is 4.03. The zero-order chi connectivity index (χ0) is 23.0. The van der Waals surface area contributed by atoms with Crippen molar-refractivity contribution in [3.8, 4) is 0 Å². The summed E-state index contributed by atoms with van der Waals surface area (Å²) in [6.45, 7) is 3.46. The van der Waals surface area contributed by atoms with Gasteiger partial charge in [0.1, 0.15) is 10.8 Å². The number of esters is 1. The molecule has 0 saturated carbocycles. The van der Waals surface area contributed by atoms with Crippen LogP contribution in [0.15, 0.2) is 47.1 Å². The highest BCUT2D eigenvalue weighted by atomic mass is 35.5. The summed E-state index contributed by atoms with van der Waals surface area (Å²) >= 11 is 7.08. The number of amides is 1. The van der Waals surface area contributed by atoms with E-state index in [-0.39, 0.29) is 22.4 Å². The molecular weight excluding hydrogens is 456 g/mol. The number of ether oxygens (including phenoxy) is 1. The maximum Gasteiger partial charge on any atom is 0.350 e. The maximum atomic E-state index is 13.2. The summed E-state index contributed by atoms with van der Waals surface area (Å²) in [6.07, 6.45) is 1.32. The van der Waals surface area contributed by atoms with Crippen molar-refractivity contribution in [2.75, 3.05) is 11.5 Å². The molecule has 1 aliphatic heterocycles. The second-order valence-corrected chi connectivity index (χ2v) is 8.40. The van der Waals surface area contributed by atoms with Gasteiger partial charge in [0.2, 0.25) is 11.6 Å². The van der Waals surface area contributed by atoms with Gasteiger partial charge in [-0.3, -0.25) is 19.3 Å². The van der Waals surface area contributed by atoms with Crippen molar-refractivity contribution in [2.24, 2.45) is 5.92 Å². The average molecular weight is 473 g/mol. The number of thiazole rings is 1. The van der Waals surface area contributed by atoms with Crippen molar-refractivity contribution >= 4 is 51.5 Å². The summed E-state index contributed by atoms with van der Waals surface area (Å²) in [4.78, 5) is 57.2. The molecule has 2 atom stereocenters. The Morgan fingerprint density at radius 1 is 1.25 bits per heavy atom. The molecule has 0 radical (unpaired) electrons. The van der Waals surface area contributed by atoms with Crippen LogP contribution in [0.2, 0.25) is 5.02 Å². The largest absolute Gasteiger partial charge is 0.462 e. The number of furan rings is 1. The predicted molar refractivity (Wildman–Crippen MR) is 116 cm³/mol. The SMILES string of the molecule is CCOC(=O)c1sc(N2C(=O)C(=O)C(C(=O)c3ccco3)C2c2cccc(Cl)c2)nc1C. The minimum absolute atomic E-state index is 0.0347. The van der Waals surface area contributed by atoms with Crippen molar-refractivity contribution in [3.05, 3.63) is 69.6 Å². The number of nitrogens with zero attached hydrogens (tertiary/aromatic N) is 2. The van der Waals surface area contributed by atoms with Gasteiger partial charge < -0.3 is 9.15 Å². The van der Waals surface area contributed by atoms with E-state index in [1.165, 1.54) is 18.4 Å². The number of hydrogen-bond donors (Lipinski definition) is 0. The highest BCUT2D eigenvalue weighted by molar-refractivity contribution is 7.17. The van der Waals surface area contributed by atoms with Gasteiger partial charge in [-0.05, 0) is 43.7 Å². The topological polar surface area (TPSA) is 107 Å². The van der Waals surface area contributed by atoms with Gasteiger partial charge in [-0.25, -0.2) is 9.78 Å². The number of rotatable bonds is 6. The first-order chi connectivity index (χ1) is 15.3. The summed E-state index contributed by atoms with van der Waals surface area (Å²) in [5.41, 5.74) is 0.835. The number of anilines is 1. The van der Waals surface area contributed by atoms with Gasteiger partial charge in [0.15, 0.2) is 10.9 Å². The average Bonchev–Trinajstić information content (AvgIpc) is 3.47. The zero-order valence-electron chi connectivity index (χ0n) is 17.0. The Hall–Kier alpha value is -3.30. The number of ketones is 2. The normalized spacial score (nSPS) is 18.3. The number of aryl methyl sites for hydroxylation is 1. The Balaban J connectivity index is 1.84. The molecule has 0 spiro atoms. The van der Waals surface area contributed by atoms with Crippen LogP contribution in [0, 0.1) is 12.8 Å². The minimum atomic E-state index is -1.36. The van der Waals surface area contributed by atoms with Crippen LogP contribution in [0.3, 0.4) is 0 Å². The second kappa shape index (κ2) is 8.68. The Morgan fingerprint density at radius 3 is 2.69 bits per heavy atom. The first-order valence-corrected chi connectivity index (χ1v) is 10.9. The van der Waals surface area contributed by atoms with E-state index in [1.54, 1.807) is 38.1 Å². The lowest BCUT2D eigenvalue weighted by Crippen LogP contribution is -2.30. The van der Waals surface area contributed by atoms with Crippen molar-refractivity contribution in [1.29, 1.82) is 0 Å². The van der Waals surface area contributed by atoms with E-state index in [0.29, 0.717) is 16.3 Å². The van der Waals surface area contributed by atoms with Crippen LogP contribution in [0.1, 0.15) is 44.4 Å². The summed E-state index contributed by atoms with van der Waals surface area (Å²) in [5, 5.41) is 0.490. The molecule has 2 unspecified atom stereocenters. The third kappa shape index (κ3) is 3.74. The third-order valence-corrected chi connectivity index (χ3v) is 6.37.